The lowest BCUT2D eigenvalue weighted by Crippen LogP contribution is -2.57. The number of methoxy groups -OCH3 is 2. The molecule has 0 bridgehead atoms. The Morgan fingerprint density at radius 2 is 1.77 bits per heavy atom. The number of carbonyl (C=O) groups excluding carboxylic acids is 2. The fourth-order valence-corrected chi connectivity index (χ4v) is 6.74. The number of fused-ring (bicyclic) bond motifs is 1. The van der Waals surface area contributed by atoms with Gasteiger partial charge in [0.1, 0.15) is 12.4 Å². The van der Waals surface area contributed by atoms with E-state index in [9.17, 15) is 9.59 Å². The first-order chi connectivity index (χ1) is 23.1. The van der Waals surface area contributed by atoms with Gasteiger partial charge in [0.2, 0.25) is 11.8 Å². The molecule has 4 atom stereocenters. The van der Waals surface area contributed by atoms with Crippen molar-refractivity contribution in [3.63, 3.8) is 0 Å². The van der Waals surface area contributed by atoms with Crippen LogP contribution in [0, 0.1) is 5.41 Å². The summed E-state index contributed by atoms with van der Waals surface area (Å²) < 4.78 is 28.8. The van der Waals surface area contributed by atoms with Gasteiger partial charge < -0.3 is 44.5 Å². The van der Waals surface area contributed by atoms with Crippen LogP contribution in [0.5, 0.6) is 5.75 Å². The Hall–Kier alpha value is -3.22. The van der Waals surface area contributed by atoms with E-state index in [1.165, 1.54) is 0 Å². The Kier molecular flexibility index (Phi) is 14.1. The molecule has 1 unspecified atom stereocenters. The van der Waals surface area contributed by atoms with Crippen LogP contribution < -0.4 is 20.7 Å². The van der Waals surface area contributed by atoms with Crippen LogP contribution in [-0.2, 0) is 41.8 Å². The molecule has 11 nitrogen and oxygen atoms in total. The Balaban J connectivity index is 1.60. The third kappa shape index (κ3) is 9.92. The number of nitrogens with two attached hydrogens (primary N) is 1. The van der Waals surface area contributed by atoms with Crippen molar-refractivity contribution in [1.29, 1.82) is 0 Å². The molecule has 1 fully saturated rings. The van der Waals surface area contributed by atoms with E-state index in [2.05, 4.69) is 40.5 Å². The molecule has 0 saturated carbocycles. The second-order valence-corrected chi connectivity index (χ2v) is 13.6. The van der Waals surface area contributed by atoms with Gasteiger partial charge in [-0.15, -0.1) is 0 Å². The molecule has 2 aliphatic heterocycles. The van der Waals surface area contributed by atoms with Crippen molar-refractivity contribution in [3.05, 3.63) is 59.2 Å². The van der Waals surface area contributed by atoms with Gasteiger partial charge in [-0.3, -0.25) is 9.59 Å². The standard InChI is InChI=1S/C37H56N4O7/c1-26(38)35(42)41-23-34(48-25-28-10-13-33-32(20-28)40(15-17-47-33)14-7-16-44-5)31(21-30(41)22-37(2,3)36(43)39-4)29-11-8-27(9-12-29)24-46-19-18-45-6/h8-13,20,26,30-31,34H,7,14-19,21-25,38H2,1-6H3,(H,39,43)/t26?,30-,31-,34+/m1/s1. The minimum absolute atomic E-state index is 0.0115. The molecule has 0 spiro atoms. The van der Waals surface area contributed by atoms with E-state index in [1.54, 1.807) is 28.2 Å². The summed E-state index contributed by atoms with van der Waals surface area (Å²) in [5, 5.41) is 2.79. The SMILES string of the molecule is CNC(=O)C(C)(C)C[C@H]1C[C@H](c2ccc(COCCOC)cc2)[C@@H](OCc2ccc3c(c2)N(CCCOC)CCO3)CN1C(=O)C(C)N. The largest absolute Gasteiger partial charge is 0.490 e. The lowest BCUT2D eigenvalue weighted by molar-refractivity contribution is -0.145. The van der Waals surface area contributed by atoms with Crippen molar-refractivity contribution in [3.8, 4) is 5.75 Å². The predicted molar refractivity (Wildman–Crippen MR) is 186 cm³/mol. The number of hydrogen-bond acceptors (Lipinski definition) is 9. The van der Waals surface area contributed by atoms with Crippen molar-refractivity contribution in [1.82, 2.24) is 10.2 Å². The van der Waals surface area contributed by atoms with Gasteiger partial charge in [0.05, 0.1) is 50.8 Å². The van der Waals surface area contributed by atoms with Gasteiger partial charge in [-0.05, 0) is 55.0 Å². The second-order valence-electron chi connectivity index (χ2n) is 13.6. The van der Waals surface area contributed by atoms with E-state index in [0.29, 0.717) is 59.0 Å². The van der Waals surface area contributed by atoms with Crippen molar-refractivity contribution in [2.24, 2.45) is 11.1 Å². The molecular weight excluding hydrogens is 612 g/mol. The summed E-state index contributed by atoms with van der Waals surface area (Å²) in [7, 11) is 5.03. The average molecular weight is 669 g/mol. The molecule has 2 aromatic carbocycles. The zero-order valence-corrected chi connectivity index (χ0v) is 29.7. The Bertz CT molecular complexity index is 1320. The first kappa shape index (κ1) is 37.6. The number of amides is 2. The smallest absolute Gasteiger partial charge is 0.239 e. The summed E-state index contributed by atoms with van der Waals surface area (Å²) >= 11 is 0. The number of benzene rings is 2. The minimum atomic E-state index is -0.683. The number of ether oxygens (including phenoxy) is 5. The van der Waals surface area contributed by atoms with Crippen LogP contribution in [0.3, 0.4) is 0 Å². The number of nitrogens with zero attached hydrogens (tertiary/aromatic N) is 2. The maximum Gasteiger partial charge on any atom is 0.239 e. The number of rotatable bonds is 17. The Labute approximate surface area is 286 Å². The lowest BCUT2D eigenvalue weighted by atomic mass is 9.76. The number of carbonyl (C=O) groups is 2. The molecule has 0 radical (unpaired) electrons. The number of hydrogen-bond donors (Lipinski definition) is 2. The van der Waals surface area contributed by atoms with Gasteiger partial charge in [0, 0.05) is 58.3 Å². The van der Waals surface area contributed by atoms with Crippen LogP contribution in [0.15, 0.2) is 42.5 Å². The van der Waals surface area contributed by atoms with E-state index in [4.69, 9.17) is 29.4 Å². The summed E-state index contributed by atoms with van der Waals surface area (Å²) in [5.74, 6) is 0.666. The maximum atomic E-state index is 13.6. The first-order valence-corrected chi connectivity index (χ1v) is 17.1. The molecule has 266 valence electrons. The highest BCUT2D eigenvalue weighted by Crippen LogP contribution is 2.40. The molecule has 2 aromatic rings. The Morgan fingerprint density at radius 1 is 1.04 bits per heavy atom. The van der Waals surface area contributed by atoms with Crippen LogP contribution in [0.1, 0.15) is 62.6 Å². The van der Waals surface area contributed by atoms with Crippen molar-refractivity contribution in [2.75, 3.05) is 72.2 Å². The average Bonchev–Trinajstić information content (AvgIpc) is 3.09. The first-order valence-electron chi connectivity index (χ1n) is 17.1. The van der Waals surface area contributed by atoms with Gasteiger partial charge in [-0.1, -0.05) is 44.2 Å². The second kappa shape index (κ2) is 18.0. The molecular formula is C37H56N4O7. The zero-order valence-electron chi connectivity index (χ0n) is 29.7. The van der Waals surface area contributed by atoms with E-state index < -0.39 is 11.5 Å². The normalized spacial score (nSPS) is 20.2. The number of piperidine rings is 1. The van der Waals surface area contributed by atoms with E-state index >= 15 is 0 Å². The van der Waals surface area contributed by atoms with Gasteiger partial charge in [-0.25, -0.2) is 0 Å². The minimum Gasteiger partial charge on any atom is -0.490 e. The summed E-state index contributed by atoms with van der Waals surface area (Å²) in [6.07, 6.45) is 1.78. The quantitative estimate of drug-likeness (QED) is 0.242. The highest BCUT2D eigenvalue weighted by molar-refractivity contribution is 5.83. The molecule has 11 heteroatoms. The van der Waals surface area contributed by atoms with Crippen molar-refractivity contribution < 1.29 is 33.3 Å². The molecule has 4 rings (SSSR count). The molecule has 0 aliphatic carbocycles. The fraction of sp³-hybridized carbons (Fsp3) is 0.622. The fourth-order valence-electron chi connectivity index (χ4n) is 6.74. The van der Waals surface area contributed by atoms with Crippen molar-refractivity contribution in [2.45, 2.75) is 77.4 Å². The molecule has 2 heterocycles. The molecule has 2 amide bonds. The van der Waals surface area contributed by atoms with E-state index in [-0.39, 0.29) is 29.9 Å². The van der Waals surface area contributed by atoms with E-state index in [1.807, 2.05) is 30.9 Å². The highest BCUT2D eigenvalue weighted by Gasteiger charge is 2.43. The maximum absolute atomic E-state index is 13.6. The van der Waals surface area contributed by atoms with Gasteiger partial charge in [0.25, 0.3) is 0 Å². The molecule has 3 N–H and O–H groups in total. The van der Waals surface area contributed by atoms with Crippen molar-refractivity contribution >= 4 is 17.5 Å². The molecule has 0 aromatic heterocycles. The van der Waals surface area contributed by atoms with Crippen LogP contribution in [0.25, 0.3) is 0 Å². The number of likely N-dealkylation sites (tertiary alicyclic amines) is 1. The summed E-state index contributed by atoms with van der Waals surface area (Å²) in [6.45, 7) is 11.0. The van der Waals surface area contributed by atoms with Crippen LogP contribution >= 0.6 is 0 Å². The molecule has 2 aliphatic rings. The van der Waals surface area contributed by atoms with Crippen LogP contribution in [0.2, 0.25) is 0 Å². The third-order valence-electron chi connectivity index (χ3n) is 9.38. The lowest BCUT2D eigenvalue weighted by Gasteiger charge is -2.46. The number of nitrogens with one attached hydrogen (secondary N) is 1. The molecule has 48 heavy (non-hydrogen) atoms. The highest BCUT2D eigenvalue weighted by atomic mass is 16.5. The third-order valence-corrected chi connectivity index (χ3v) is 9.38. The monoisotopic (exact) mass is 668 g/mol. The van der Waals surface area contributed by atoms with Gasteiger partial charge in [-0.2, -0.15) is 0 Å². The van der Waals surface area contributed by atoms with Gasteiger partial charge >= 0.3 is 0 Å². The summed E-state index contributed by atoms with van der Waals surface area (Å²) in [4.78, 5) is 30.6. The Morgan fingerprint density at radius 3 is 2.46 bits per heavy atom. The molecule has 1 saturated heterocycles. The van der Waals surface area contributed by atoms with Crippen LogP contribution in [-0.4, -0.2) is 102 Å². The summed E-state index contributed by atoms with van der Waals surface area (Å²) in [5.41, 5.74) is 9.78. The number of anilines is 1. The topological polar surface area (TPSA) is 125 Å². The van der Waals surface area contributed by atoms with E-state index in [0.717, 1.165) is 47.6 Å². The predicted octanol–water partition coefficient (Wildman–Crippen LogP) is 3.86. The zero-order chi connectivity index (χ0) is 34.7. The van der Waals surface area contributed by atoms with Gasteiger partial charge in [0.15, 0.2) is 0 Å². The summed E-state index contributed by atoms with van der Waals surface area (Å²) in [6, 6.07) is 13.8. The van der Waals surface area contributed by atoms with Crippen LogP contribution in [0.4, 0.5) is 5.69 Å².